The van der Waals surface area contributed by atoms with E-state index in [-0.39, 0.29) is 18.1 Å². The predicted molar refractivity (Wildman–Crippen MR) is 58.3 cm³/mol. The van der Waals surface area contributed by atoms with Crippen LogP contribution in [0.5, 0.6) is 0 Å². The van der Waals surface area contributed by atoms with Gasteiger partial charge in [0.05, 0.1) is 12.2 Å². The molecular weight excluding hydrogens is 195 g/mol. The summed E-state index contributed by atoms with van der Waals surface area (Å²) in [7, 11) is 0. The van der Waals surface area contributed by atoms with E-state index in [1.165, 1.54) is 6.07 Å². The summed E-state index contributed by atoms with van der Waals surface area (Å²) in [5.74, 6) is -0.639. The SMILES string of the molecule is CCNCC(=O)Nc1ccc(C)cc1F. The lowest BCUT2D eigenvalue weighted by atomic mass is 10.2. The summed E-state index contributed by atoms with van der Waals surface area (Å²) in [6.45, 7) is 4.61. The standard InChI is InChI=1S/C11H15FN2O/c1-3-13-7-11(15)14-10-5-4-8(2)6-9(10)12/h4-6,13H,3,7H2,1-2H3,(H,14,15). The maximum atomic E-state index is 13.3. The average Bonchev–Trinajstić information content (AvgIpc) is 2.19. The van der Waals surface area contributed by atoms with Crippen LogP contribution in [0.3, 0.4) is 0 Å². The van der Waals surface area contributed by atoms with Crippen molar-refractivity contribution < 1.29 is 9.18 Å². The number of hydrogen-bond acceptors (Lipinski definition) is 2. The van der Waals surface area contributed by atoms with Crippen LogP contribution >= 0.6 is 0 Å². The lowest BCUT2D eigenvalue weighted by Crippen LogP contribution is -2.28. The van der Waals surface area contributed by atoms with E-state index in [1.54, 1.807) is 19.1 Å². The summed E-state index contributed by atoms with van der Waals surface area (Å²) in [5.41, 5.74) is 1.06. The van der Waals surface area contributed by atoms with Gasteiger partial charge in [0.2, 0.25) is 5.91 Å². The number of aryl methyl sites for hydroxylation is 1. The first-order chi connectivity index (χ1) is 7.13. The molecule has 0 atom stereocenters. The molecule has 0 aliphatic carbocycles. The molecule has 0 aliphatic heterocycles. The van der Waals surface area contributed by atoms with E-state index in [0.29, 0.717) is 6.54 Å². The highest BCUT2D eigenvalue weighted by Crippen LogP contribution is 2.14. The molecule has 0 unspecified atom stereocenters. The van der Waals surface area contributed by atoms with Crippen molar-refractivity contribution in [1.82, 2.24) is 5.32 Å². The molecule has 0 bridgehead atoms. The molecule has 0 saturated carbocycles. The Hall–Kier alpha value is -1.42. The van der Waals surface area contributed by atoms with Crippen molar-refractivity contribution in [2.45, 2.75) is 13.8 Å². The van der Waals surface area contributed by atoms with E-state index >= 15 is 0 Å². The van der Waals surface area contributed by atoms with Crippen molar-refractivity contribution in [3.05, 3.63) is 29.6 Å². The first-order valence-corrected chi connectivity index (χ1v) is 4.90. The van der Waals surface area contributed by atoms with E-state index < -0.39 is 5.82 Å². The number of rotatable bonds is 4. The van der Waals surface area contributed by atoms with Gasteiger partial charge in [0, 0.05) is 0 Å². The summed E-state index contributed by atoms with van der Waals surface area (Å²) in [4.78, 5) is 11.3. The molecule has 0 fully saturated rings. The van der Waals surface area contributed by atoms with Gasteiger partial charge >= 0.3 is 0 Å². The second-order valence-electron chi connectivity index (χ2n) is 3.31. The van der Waals surface area contributed by atoms with Crippen molar-refractivity contribution >= 4 is 11.6 Å². The molecule has 2 N–H and O–H groups in total. The van der Waals surface area contributed by atoms with Crippen LogP contribution < -0.4 is 10.6 Å². The minimum absolute atomic E-state index is 0.198. The van der Waals surface area contributed by atoms with Gasteiger partial charge in [-0.2, -0.15) is 0 Å². The lowest BCUT2D eigenvalue weighted by Gasteiger charge is -2.06. The van der Waals surface area contributed by atoms with Crippen molar-refractivity contribution in [3.8, 4) is 0 Å². The van der Waals surface area contributed by atoms with Crippen molar-refractivity contribution in [1.29, 1.82) is 0 Å². The smallest absolute Gasteiger partial charge is 0.238 e. The number of benzene rings is 1. The monoisotopic (exact) mass is 210 g/mol. The average molecular weight is 210 g/mol. The highest BCUT2D eigenvalue weighted by atomic mass is 19.1. The van der Waals surface area contributed by atoms with Gasteiger partial charge in [-0.15, -0.1) is 0 Å². The Morgan fingerprint density at radius 3 is 2.80 bits per heavy atom. The molecule has 3 nitrogen and oxygen atoms in total. The molecular formula is C11H15FN2O. The molecule has 0 aliphatic rings. The molecule has 1 rings (SSSR count). The van der Waals surface area contributed by atoms with E-state index in [4.69, 9.17) is 0 Å². The summed E-state index contributed by atoms with van der Waals surface area (Å²) in [6, 6.07) is 4.71. The molecule has 1 aromatic carbocycles. The van der Waals surface area contributed by atoms with Crippen molar-refractivity contribution in [2.24, 2.45) is 0 Å². The van der Waals surface area contributed by atoms with Gasteiger partial charge in [-0.1, -0.05) is 13.0 Å². The van der Waals surface area contributed by atoms with Gasteiger partial charge < -0.3 is 10.6 Å². The van der Waals surface area contributed by atoms with Gasteiger partial charge in [0.25, 0.3) is 0 Å². The van der Waals surface area contributed by atoms with Crippen LogP contribution in [0.4, 0.5) is 10.1 Å². The molecule has 0 aromatic heterocycles. The Kier molecular flexibility index (Phi) is 4.24. The number of halogens is 1. The Morgan fingerprint density at radius 2 is 2.20 bits per heavy atom. The topological polar surface area (TPSA) is 41.1 Å². The fourth-order valence-electron chi connectivity index (χ4n) is 1.15. The maximum absolute atomic E-state index is 13.3. The van der Waals surface area contributed by atoms with E-state index in [1.807, 2.05) is 6.92 Å². The molecule has 4 heteroatoms. The van der Waals surface area contributed by atoms with Gasteiger partial charge in [-0.3, -0.25) is 4.79 Å². The minimum Gasteiger partial charge on any atom is -0.322 e. The zero-order chi connectivity index (χ0) is 11.3. The molecule has 15 heavy (non-hydrogen) atoms. The first kappa shape index (κ1) is 11.7. The molecule has 0 heterocycles. The zero-order valence-corrected chi connectivity index (χ0v) is 8.93. The molecule has 0 spiro atoms. The summed E-state index contributed by atoms with van der Waals surface area (Å²) in [5, 5.41) is 5.36. The normalized spacial score (nSPS) is 10.1. The van der Waals surface area contributed by atoms with Crippen LogP contribution in [0.15, 0.2) is 18.2 Å². The largest absolute Gasteiger partial charge is 0.322 e. The van der Waals surface area contributed by atoms with Crippen LogP contribution in [0.25, 0.3) is 0 Å². The van der Waals surface area contributed by atoms with Crippen molar-refractivity contribution in [3.63, 3.8) is 0 Å². The summed E-state index contributed by atoms with van der Waals surface area (Å²) >= 11 is 0. The Bertz CT molecular complexity index is 352. The molecule has 1 aromatic rings. The number of amides is 1. The number of hydrogen-bond donors (Lipinski definition) is 2. The quantitative estimate of drug-likeness (QED) is 0.794. The van der Waals surface area contributed by atoms with Crippen molar-refractivity contribution in [2.75, 3.05) is 18.4 Å². The van der Waals surface area contributed by atoms with E-state index in [9.17, 15) is 9.18 Å². The number of anilines is 1. The minimum atomic E-state index is -0.403. The third-order valence-electron chi connectivity index (χ3n) is 1.93. The van der Waals surface area contributed by atoms with Gasteiger partial charge in [-0.05, 0) is 31.2 Å². The number of carbonyl (C=O) groups excluding carboxylic acids is 1. The molecule has 0 radical (unpaired) electrons. The molecule has 1 amide bonds. The second kappa shape index (κ2) is 5.46. The third kappa shape index (κ3) is 3.67. The van der Waals surface area contributed by atoms with Gasteiger partial charge in [-0.25, -0.2) is 4.39 Å². The van der Waals surface area contributed by atoms with Gasteiger partial charge in [0.1, 0.15) is 5.82 Å². The van der Waals surface area contributed by atoms with Gasteiger partial charge in [0.15, 0.2) is 0 Å². The zero-order valence-electron chi connectivity index (χ0n) is 8.93. The van der Waals surface area contributed by atoms with Crippen LogP contribution in [0, 0.1) is 12.7 Å². The number of carbonyl (C=O) groups is 1. The maximum Gasteiger partial charge on any atom is 0.238 e. The molecule has 82 valence electrons. The summed E-state index contributed by atoms with van der Waals surface area (Å²) < 4.78 is 13.3. The molecule has 0 saturated heterocycles. The van der Waals surface area contributed by atoms with E-state index in [0.717, 1.165) is 5.56 Å². The first-order valence-electron chi connectivity index (χ1n) is 4.90. The van der Waals surface area contributed by atoms with Crippen LogP contribution in [0.2, 0.25) is 0 Å². The fourth-order valence-corrected chi connectivity index (χ4v) is 1.15. The lowest BCUT2D eigenvalue weighted by molar-refractivity contribution is -0.115. The summed E-state index contributed by atoms with van der Waals surface area (Å²) in [6.07, 6.45) is 0. The Labute approximate surface area is 88.7 Å². The highest BCUT2D eigenvalue weighted by molar-refractivity contribution is 5.92. The Balaban J connectivity index is 2.60. The van der Waals surface area contributed by atoms with E-state index in [2.05, 4.69) is 10.6 Å². The predicted octanol–water partition coefficient (Wildman–Crippen LogP) is 1.68. The van der Waals surface area contributed by atoms with Crippen LogP contribution in [-0.4, -0.2) is 19.0 Å². The highest BCUT2D eigenvalue weighted by Gasteiger charge is 2.05. The number of nitrogens with one attached hydrogen (secondary N) is 2. The second-order valence-corrected chi connectivity index (χ2v) is 3.31. The van der Waals surface area contributed by atoms with Crippen LogP contribution in [-0.2, 0) is 4.79 Å². The Morgan fingerprint density at radius 1 is 1.47 bits per heavy atom. The van der Waals surface area contributed by atoms with Crippen LogP contribution in [0.1, 0.15) is 12.5 Å². The number of likely N-dealkylation sites (N-methyl/N-ethyl adjacent to an activating group) is 1. The fraction of sp³-hybridized carbons (Fsp3) is 0.364. The third-order valence-corrected chi connectivity index (χ3v) is 1.93.